The molecule has 0 aliphatic carbocycles. The molecule has 0 aliphatic rings. The minimum Gasteiger partial charge on any atom is -0.493 e. The second-order valence-electron chi connectivity index (χ2n) is 6.80. The van der Waals surface area contributed by atoms with E-state index in [1.807, 2.05) is 50.4 Å². The summed E-state index contributed by atoms with van der Waals surface area (Å²) in [6.45, 7) is 4.21. The highest BCUT2D eigenvalue weighted by molar-refractivity contribution is 6.36. The maximum absolute atomic E-state index is 10.9. The molecule has 4 rings (SSSR count). The van der Waals surface area contributed by atoms with Crippen LogP contribution in [-0.2, 0) is 6.54 Å². The summed E-state index contributed by atoms with van der Waals surface area (Å²) >= 11 is 12.6. The van der Waals surface area contributed by atoms with E-state index in [1.165, 1.54) is 0 Å². The molecule has 0 amide bonds. The van der Waals surface area contributed by atoms with Crippen molar-refractivity contribution in [3.63, 3.8) is 0 Å². The molecule has 0 fully saturated rings. The lowest BCUT2D eigenvalue weighted by Gasteiger charge is -2.14. The molecular weight excluding hydrogens is 393 g/mol. The van der Waals surface area contributed by atoms with Crippen LogP contribution in [0.25, 0.3) is 27.7 Å². The molecule has 2 heterocycles. The third-order valence-corrected chi connectivity index (χ3v) is 5.51. The van der Waals surface area contributed by atoms with Crippen LogP contribution in [0.4, 0.5) is 0 Å². The van der Waals surface area contributed by atoms with E-state index in [2.05, 4.69) is 4.98 Å². The number of halogens is 2. The number of aryl methyl sites for hydroxylation is 2. The first-order chi connectivity index (χ1) is 13.4. The van der Waals surface area contributed by atoms with E-state index in [4.69, 9.17) is 28.9 Å². The van der Waals surface area contributed by atoms with Crippen molar-refractivity contribution in [3.05, 3.63) is 75.5 Å². The maximum atomic E-state index is 10.9. The van der Waals surface area contributed by atoms with E-state index in [0.29, 0.717) is 22.1 Å². The molecule has 3 N–H and O–H groups in total. The van der Waals surface area contributed by atoms with Gasteiger partial charge in [-0.3, -0.25) is 4.57 Å². The molecule has 0 radical (unpaired) electrons. The van der Waals surface area contributed by atoms with Crippen LogP contribution in [0.1, 0.15) is 16.8 Å². The van der Waals surface area contributed by atoms with E-state index in [-0.39, 0.29) is 5.88 Å². The van der Waals surface area contributed by atoms with Gasteiger partial charge in [-0.05, 0) is 43.7 Å². The lowest BCUT2D eigenvalue weighted by Crippen LogP contribution is -2.04. The Balaban J connectivity index is 2.07. The predicted octanol–water partition coefficient (Wildman–Crippen LogP) is 5.78. The van der Waals surface area contributed by atoms with Crippen LogP contribution in [0.15, 0.2) is 48.7 Å². The van der Waals surface area contributed by atoms with E-state index < -0.39 is 0 Å². The number of aromatic hydroxyl groups is 1. The molecule has 0 saturated heterocycles. The second kappa shape index (κ2) is 7.13. The van der Waals surface area contributed by atoms with Gasteiger partial charge in [-0.15, -0.1) is 0 Å². The molecule has 142 valence electrons. The fourth-order valence-corrected chi connectivity index (χ4v) is 4.01. The van der Waals surface area contributed by atoms with Crippen LogP contribution in [0.3, 0.4) is 0 Å². The number of aromatic nitrogens is 2. The van der Waals surface area contributed by atoms with E-state index in [1.54, 1.807) is 16.7 Å². The van der Waals surface area contributed by atoms with Gasteiger partial charge in [0.1, 0.15) is 5.52 Å². The number of nitrogens with zero attached hydrogens (tertiary/aromatic N) is 2. The van der Waals surface area contributed by atoms with Gasteiger partial charge in [0, 0.05) is 50.7 Å². The molecule has 28 heavy (non-hydrogen) atoms. The molecule has 0 spiro atoms. The molecule has 0 saturated carbocycles. The second-order valence-corrected chi connectivity index (χ2v) is 7.64. The Morgan fingerprint density at radius 3 is 2.43 bits per heavy atom. The van der Waals surface area contributed by atoms with Gasteiger partial charge in [0.2, 0.25) is 5.88 Å². The Morgan fingerprint density at radius 2 is 1.79 bits per heavy atom. The minimum absolute atomic E-state index is 0.0804. The van der Waals surface area contributed by atoms with Gasteiger partial charge in [-0.1, -0.05) is 47.0 Å². The van der Waals surface area contributed by atoms with Crippen LogP contribution < -0.4 is 5.73 Å². The SMILES string of the molecule is Cc1ccc(-n2cc3c(-c4ccc(Cl)cc4Cl)c(CN)c(C)nc3c2O)cc1. The smallest absolute Gasteiger partial charge is 0.223 e. The lowest BCUT2D eigenvalue weighted by atomic mass is 9.96. The standard InChI is InChI=1S/C22H19Cl2N3O/c1-12-3-6-15(7-4-12)27-11-18-20(16-8-5-14(23)9-19(16)24)17(10-25)13(2)26-21(18)22(27)28/h3-9,11,28H,10,25H2,1-2H3. The van der Waals surface area contributed by atoms with Gasteiger partial charge in [-0.2, -0.15) is 0 Å². The van der Waals surface area contributed by atoms with Gasteiger partial charge in [-0.25, -0.2) is 4.98 Å². The van der Waals surface area contributed by atoms with Crippen molar-refractivity contribution in [1.82, 2.24) is 9.55 Å². The minimum atomic E-state index is 0.0804. The number of rotatable bonds is 3. The van der Waals surface area contributed by atoms with Crippen molar-refractivity contribution in [1.29, 1.82) is 0 Å². The summed E-state index contributed by atoms with van der Waals surface area (Å²) in [6, 6.07) is 13.3. The number of pyridine rings is 1. The molecule has 2 aromatic carbocycles. The first-order valence-electron chi connectivity index (χ1n) is 8.86. The molecule has 4 nitrogen and oxygen atoms in total. The van der Waals surface area contributed by atoms with Gasteiger partial charge < -0.3 is 10.8 Å². The third kappa shape index (κ3) is 3.04. The highest BCUT2D eigenvalue weighted by Gasteiger charge is 2.21. The maximum Gasteiger partial charge on any atom is 0.223 e. The van der Waals surface area contributed by atoms with Gasteiger partial charge in [0.05, 0.1) is 0 Å². The average molecular weight is 412 g/mol. The summed E-state index contributed by atoms with van der Waals surface area (Å²) in [5.74, 6) is 0.0804. The van der Waals surface area contributed by atoms with E-state index in [0.717, 1.165) is 39.0 Å². The lowest BCUT2D eigenvalue weighted by molar-refractivity contribution is 0.447. The molecule has 0 aliphatic heterocycles. The zero-order chi connectivity index (χ0) is 20.0. The highest BCUT2D eigenvalue weighted by atomic mass is 35.5. The fourth-order valence-electron chi connectivity index (χ4n) is 3.51. The number of hydrogen-bond donors (Lipinski definition) is 2. The van der Waals surface area contributed by atoms with Crippen LogP contribution in [0, 0.1) is 13.8 Å². The largest absolute Gasteiger partial charge is 0.493 e. The van der Waals surface area contributed by atoms with Crippen molar-refractivity contribution < 1.29 is 5.11 Å². The first kappa shape index (κ1) is 18.8. The molecule has 4 aromatic rings. The van der Waals surface area contributed by atoms with Crippen molar-refractivity contribution >= 4 is 34.1 Å². The summed E-state index contributed by atoms with van der Waals surface area (Å²) in [5, 5.41) is 12.8. The summed E-state index contributed by atoms with van der Waals surface area (Å²) in [7, 11) is 0. The van der Waals surface area contributed by atoms with Gasteiger partial charge in [0.25, 0.3) is 0 Å². The van der Waals surface area contributed by atoms with Crippen molar-refractivity contribution in [2.45, 2.75) is 20.4 Å². The van der Waals surface area contributed by atoms with Crippen molar-refractivity contribution in [2.75, 3.05) is 0 Å². The Hall–Kier alpha value is -2.53. The van der Waals surface area contributed by atoms with Crippen LogP contribution in [-0.4, -0.2) is 14.7 Å². The topological polar surface area (TPSA) is 64.1 Å². The first-order valence-corrected chi connectivity index (χ1v) is 9.62. The predicted molar refractivity (Wildman–Crippen MR) is 116 cm³/mol. The Bertz CT molecular complexity index is 1200. The van der Waals surface area contributed by atoms with Crippen LogP contribution in [0.2, 0.25) is 10.0 Å². The van der Waals surface area contributed by atoms with Crippen molar-refractivity contribution in [2.24, 2.45) is 5.73 Å². The summed E-state index contributed by atoms with van der Waals surface area (Å²) in [5.41, 5.74) is 11.9. The monoisotopic (exact) mass is 411 g/mol. The van der Waals surface area contributed by atoms with E-state index in [9.17, 15) is 5.11 Å². The number of fused-ring (bicyclic) bond motifs is 1. The third-order valence-electron chi connectivity index (χ3n) is 4.96. The zero-order valence-corrected chi connectivity index (χ0v) is 17.0. The molecule has 0 unspecified atom stereocenters. The zero-order valence-electron chi connectivity index (χ0n) is 15.5. The van der Waals surface area contributed by atoms with E-state index >= 15 is 0 Å². The van der Waals surface area contributed by atoms with Crippen LogP contribution >= 0.6 is 23.2 Å². The van der Waals surface area contributed by atoms with Gasteiger partial charge in [0.15, 0.2) is 0 Å². The Kier molecular flexibility index (Phi) is 4.79. The van der Waals surface area contributed by atoms with Gasteiger partial charge >= 0.3 is 0 Å². The molecule has 6 heteroatoms. The Labute approximate surface area is 173 Å². The number of benzene rings is 2. The summed E-state index contributed by atoms with van der Waals surface area (Å²) in [4.78, 5) is 4.62. The van der Waals surface area contributed by atoms with Crippen LogP contribution in [0.5, 0.6) is 5.88 Å². The summed E-state index contributed by atoms with van der Waals surface area (Å²) in [6.07, 6.45) is 1.88. The quantitative estimate of drug-likeness (QED) is 0.448. The molecular formula is C22H19Cl2N3O. The number of hydrogen-bond acceptors (Lipinski definition) is 3. The molecule has 0 atom stereocenters. The fraction of sp³-hybridized carbons (Fsp3) is 0.136. The molecule has 0 bridgehead atoms. The normalized spacial score (nSPS) is 11.3. The van der Waals surface area contributed by atoms with Crippen molar-refractivity contribution in [3.8, 4) is 22.7 Å². The molecule has 2 aromatic heterocycles. The summed E-state index contributed by atoms with van der Waals surface area (Å²) < 4.78 is 1.73. The highest BCUT2D eigenvalue weighted by Crippen LogP contribution is 2.41. The average Bonchev–Trinajstić information content (AvgIpc) is 2.98. The Morgan fingerprint density at radius 1 is 1.07 bits per heavy atom. The number of nitrogens with two attached hydrogens (primary N) is 1.